The van der Waals surface area contributed by atoms with E-state index in [-0.39, 0.29) is 21.6 Å². The number of hydrogen-bond acceptors (Lipinski definition) is 5. The minimum Gasteiger partial charge on any atom is -0.355 e. The summed E-state index contributed by atoms with van der Waals surface area (Å²) >= 11 is 11.9. The van der Waals surface area contributed by atoms with E-state index >= 15 is 0 Å². The first kappa shape index (κ1) is 19.5. The van der Waals surface area contributed by atoms with Gasteiger partial charge in [0, 0.05) is 0 Å². The van der Waals surface area contributed by atoms with E-state index in [1.165, 1.54) is 25.1 Å². The number of aryl methyl sites for hydroxylation is 1. The summed E-state index contributed by atoms with van der Waals surface area (Å²) in [6.45, 7) is 2.34. The predicted molar refractivity (Wildman–Crippen MR) is 84.9 cm³/mol. The van der Waals surface area contributed by atoms with Gasteiger partial charge in [0.15, 0.2) is 0 Å². The third kappa shape index (κ3) is 3.60. The Hall–Kier alpha value is -1.78. The Kier molecular flexibility index (Phi) is 5.08. The third-order valence-corrected chi connectivity index (χ3v) is 4.83. The fourth-order valence-electron chi connectivity index (χ4n) is 1.87. The molecular weight excluding hydrogens is 408 g/mol. The molecule has 0 fully saturated rings. The number of halogens is 5. The van der Waals surface area contributed by atoms with Crippen LogP contribution in [0.1, 0.15) is 11.4 Å². The van der Waals surface area contributed by atoms with E-state index in [9.17, 15) is 26.4 Å². The number of alkyl halides is 3. The van der Waals surface area contributed by atoms with Crippen molar-refractivity contribution in [2.75, 3.05) is 0 Å². The lowest BCUT2D eigenvalue weighted by Gasteiger charge is -2.15. The van der Waals surface area contributed by atoms with Crippen molar-refractivity contribution in [1.82, 2.24) is 9.55 Å². The molecule has 0 radical (unpaired) electrons. The van der Waals surface area contributed by atoms with E-state index in [1.54, 1.807) is 0 Å². The molecule has 0 aliphatic carbocycles. The van der Waals surface area contributed by atoms with Crippen molar-refractivity contribution in [2.24, 2.45) is 0 Å². The standard InChI is InChI=1S/C13H9Cl2F3N2O4S/c1-6-11(24-25(22,23)13(16,17)18)19-7(2)20(12(6)21)9-5-3-4-8(14)10(9)15/h3-5H,1-2H3. The molecule has 0 saturated heterocycles. The highest BCUT2D eigenvalue weighted by atomic mass is 35.5. The zero-order chi connectivity index (χ0) is 19.2. The van der Waals surface area contributed by atoms with Gasteiger partial charge in [0.05, 0.1) is 21.3 Å². The van der Waals surface area contributed by atoms with Crippen LogP contribution in [0.5, 0.6) is 5.88 Å². The van der Waals surface area contributed by atoms with Crippen molar-refractivity contribution in [3.05, 3.63) is 50.0 Å². The molecule has 1 aromatic carbocycles. The van der Waals surface area contributed by atoms with Crippen LogP contribution in [0.15, 0.2) is 23.0 Å². The summed E-state index contributed by atoms with van der Waals surface area (Å²) < 4.78 is 64.5. The molecule has 25 heavy (non-hydrogen) atoms. The van der Waals surface area contributed by atoms with Gasteiger partial charge in [-0.25, -0.2) is 0 Å². The zero-order valence-electron chi connectivity index (χ0n) is 12.6. The van der Waals surface area contributed by atoms with Gasteiger partial charge in [-0.3, -0.25) is 9.36 Å². The molecule has 1 aromatic heterocycles. The summed E-state index contributed by atoms with van der Waals surface area (Å²) in [5.74, 6) is -1.11. The molecular formula is C13H9Cl2F3N2O4S. The molecule has 0 unspecified atom stereocenters. The Bertz CT molecular complexity index is 1000. The average Bonchev–Trinajstić information content (AvgIpc) is 2.47. The number of hydrogen-bond donors (Lipinski definition) is 0. The molecule has 0 aliphatic heterocycles. The second kappa shape index (κ2) is 6.50. The van der Waals surface area contributed by atoms with Crippen molar-refractivity contribution in [3.8, 4) is 11.6 Å². The molecule has 1 heterocycles. The largest absolute Gasteiger partial charge is 0.534 e. The van der Waals surface area contributed by atoms with Crippen LogP contribution in [-0.4, -0.2) is 23.5 Å². The van der Waals surface area contributed by atoms with Crippen molar-refractivity contribution >= 4 is 33.3 Å². The molecule has 2 aromatic rings. The normalized spacial score (nSPS) is 12.3. The lowest BCUT2D eigenvalue weighted by molar-refractivity contribution is -0.0501. The van der Waals surface area contributed by atoms with Crippen LogP contribution in [0, 0.1) is 13.8 Å². The van der Waals surface area contributed by atoms with Gasteiger partial charge in [-0.1, -0.05) is 29.3 Å². The Morgan fingerprint density at radius 2 is 1.80 bits per heavy atom. The minimum atomic E-state index is -5.96. The lowest BCUT2D eigenvalue weighted by Crippen LogP contribution is -2.31. The van der Waals surface area contributed by atoms with E-state index in [0.717, 1.165) is 11.5 Å². The highest BCUT2D eigenvalue weighted by Gasteiger charge is 2.49. The van der Waals surface area contributed by atoms with Gasteiger partial charge in [-0.05, 0) is 26.0 Å². The molecule has 2 rings (SSSR count). The second-order valence-electron chi connectivity index (χ2n) is 4.79. The Labute approximate surface area is 149 Å². The summed E-state index contributed by atoms with van der Waals surface area (Å²) in [4.78, 5) is 16.1. The number of nitrogens with zero attached hydrogens (tertiary/aromatic N) is 2. The molecule has 0 atom stereocenters. The van der Waals surface area contributed by atoms with E-state index in [1.807, 2.05) is 0 Å². The number of benzene rings is 1. The zero-order valence-corrected chi connectivity index (χ0v) is 14.9. The molecule has 12 heteroatoms. The highest BCUT2D eigenvalue weighted by Crippen LogP contribution is 2.30. The Morgan fingerprint density at radius 1 is 1.20 bits per heavy atom. The molecule has 0 saturated carbocycles. The first-order chi connectivity index (χ1) is 11.4. The highest BCUT2D eigenvalue weighted by molar-refractivity contribution is 7.87. The summed E-state index contributed by atoms with van der Waals surface area (Å²) in [6, 6.07) is 4.42. The van der Waals surface area contributed by atoms with Gasteiger partial charge < -0.3 is 4.18 Å². The summed E-state index contributed by atoms with van der Waals surface area (Å²) in [5.41, 5.74) is -6.82. The molecule has 0 N–H and O–H groups in total. The Morgan fingerprint density at radius 3 is 2.36 bits per heavy atom. The molecule has 0 aliphatic rings. The van der Waals surface area contributed by atoms with E-state index in [0.29, 0.717) is 0 Å². The first-order valence-corrected chi connectivity index (χ1v) is 8.58. The van der Waals surface area contributed by atoms with Gasteiger partial charge >= 0.3 is 15.6 Å². The molecule has 6 nitrogen and oxygen atoms in total. The fraction of sp³-hybridized carbons (Fsp3) is 0.231. The van der Waals surface area contributed by atoms with E-state index < -0.39 is 32.6 Å². The van der Waals surface area contributed by atoms with Crippen LogP contribution < -0.4 is 9.74 Å². The van der Waals surface area contributed by atoms with Gasteiger partial charge in [-0.2, -0.15) is 26.6 Å². The van der Waals surface area contributed by atoms with E-state index in [2.05, 4.69) is 9.17 Å². The smallest absolute Gasteiger partial charge is 0.355 e. The van der Waals surface area contributed by atoms with Crippen LogP contribution in [0.4, 0.5) is 13.2 Å². The molecule has 0 amide bonds. The molecule has 136 valence electrons. The van der Waals surface area contributed by atoms with Gasteiger partial charge in [0.2, 0.25) is 5.88 Å². The first-order valence-electron chi connectivity index (χ1n) is 6.42. The van der Waals surface area contributed by atoms with Crippen molar-refractivity contribution in [1.29, 1.82) is 0 Å². The topological polar surface area (TPSA) is 78.3 Å². The fourth-order valence-corrected chi connectivity index (χ4v) is 2.71. The SMILES string of the molecule is Cc1c(OS(=O)(=O)C(F)(F)F)nc(C)n(-c2cccc(Cl)c2Cl)c1=O. The molecule has 0 spiro atoms. The van der Waals surface area contributed by atoms with Crippen molar-refractivity contribution < 1.29 is 25.8 Å². The van der Waals surface area contributed by atoms with Crippen LogP contribution in [0.25, 0.3) is 5.69 Å². The van der Waals surface area contributed by atoms with Gasteiger partial charge in [-0.15, -0.1) is 0 Å². The quantitative estimate of drug-likeness (QED) is 0.565. The Balaban J connectivity index is 2.66. The minimum absolute atomic E-state index is 0.0205. The monoisotopic (exact) mass is 416 g/mol. The predicted octanol–water partition coefficient (Wildman–Crippen LogP) is 3.38. The average molecular weight is 417 g/mol. The van der Waals surface area contributed by atoms with Gasteiger partial charge in [0.25, 0.3) is 5.56 Å². The van der Waals surface area contributed by atoms with Gasteiger partial charge in [0.1, 0.15) is 5.82 Å². The lowest BCUT2D eigenvalue weighted by atomic mass is 10.2. The summed E-state index contributed by atoms with van der Waals surface area (Å²) in [7, 11) is -5.96. The maximum Gasteiger partial charge on any atom is 0.534 e. The van der Waals surface area contributed by atoms with Crippen LogP contribution >= 0.6 is 23.2 Å². The third-order valence-electron chi connectivity index (χ3n) is 3.08. The second-order valence-corrected chi connectivity index (χ2v) is 7.11. The van der Waals surface area contributed by atoms with Crippen molar-refractivity contribution in [3.63, 3.8) is 0 Å². The number of rotatable bonds is 3. The summed E-state index contributed by atoms with van der Waals surface area (Å²) in [5, 5.41) is 0.162. The van der Waals surface area contributed by atoms with Crippen molar-refractivity contribution in [2.45, 2.75) is 19.4 Å². The van der Waals surface area contributed by atoms with Crippen LogP contribution in [0.3, 0.4) is 0 Å². The number of aromatic nitrogens is 2. The summed E-state index contributed by atoms with van der Waals surface area (Å²) in [6.07, 6.45) is 0. The van der Waals surface area contributed by atoms with Crippen LogP contribution in [0.2, 0.25) is 10.0 Å². The maximum atomic E-state index is 12.5. The molecule has 0 bridgehead atoms. The van der Waals surface area contributed by atoms with E-state index in [4.69, 9.17) is 23.2 Å². The van der Waals surface area contributed by atoms with Crippen LogP contribution in [-0.2, 0) is 10.1 Å². The maximum absolute atomic E-state index is 12.5.